The number of ether oxygens (including phenoxy) is 1. The Morgan fingerprint density at radius 3 is 2.60 bits per heavy atom. The molecule has 0 aliphatic carbocycles. The van der Waals surface area contributed by atoms with Crippen LogP contribution in [0.1, 0.15) is 59.7 Å². The first-order valence-electron chi connectivity index (χ1n) is 15.8. The van der Waals surface area contributed by atoms with Crippen molar-refractivity contribution in [1.29, 1.82) is 0 Å². The largest absolute Gasteiger partial charge is 0.453 e. The number of nitrogens with zero attached hydrogens (tertiary/aromatic N) is 1. The van der Waals surface area contributed by atoms with E-state index in [1.807, 2.05) is 71.3 Å². The van der Waals surface area contributed by atoms with Crippen molar-refractivity contribution in [2.45, 2.75) is 51.2 Å². The van der Waals surface area contributed by atoms with Crippen LogP contribution in [0.4, 0.5) is 4.79 Å². The number of amides is 2. The summed E-state index contributed by atoms with van der Waals surface area (Å²) in [7, 11) is 1.33. The highest BCUT2D eigenvalue weighted by Gasteiger charge is 2.43. The average molecular weight is 652 g/mol. The standard InChI is InChI=1S/C36H46ClN3O4S/c1-4-26-9-5-10-29(23-26)33-31(12-6-13-32(33)37)36(43,18-8-19-39-35(42)44-2)30-11-7-21-40(25-30)34(41)28-16-14-27(15-17-28)24-38-20-22-45-3/h5-6,9-10,12-17,23,30,38,43H,4,7-8,11,18-22,24-25H2,1-3H3,(H,39,42). The Morgan fingerprint density at radius 2 is 1.87 bits per heavy atom. The van der Waals surface area contributed by atoms with Crippen LogP contribution in [0.15, 0.2) is 66.7 Å². The molecular formula is C36H46ClN3O4S. The first-order chi connectivity index (χ1) is 21.8. The van der Waals surface area contributed by atoms with E-state index in [1.54, 1.807) is 0 Å². The number of benzene rings is 3. The van der Waals surface area contributed by atoms with Gasteiger partial charge in [0.25, 0.3) is 5.91 Å². The second-order valence-corrected chi connectivity index (χ2v) is 13.0. The topological polar surface area (TPSA) is 90.9 Å². The summed E-state index contributed by atoms with van der Waals surface area (Å²) in [6, 6.07) is 21.8. The normalized spacial score (nSPS) is 16.2. The number of aryl methyl sites for hydroxylation is 1. The van der Waals surface area contributed by atoms with Gasteiger partial charge < -0.3 is 25.4 Å². The van der Waals surface area contributed by atoms with Gasteiger partial charge in [-0.1, -0.05) is 67.1 Å². The number of nitrogens with one attached hydrogen (secondary N) is 2. The fourth-order valence-corrected chi connectivity index (χ4v) is 6.84. The molecule has 242 valence electrons. The zero-order valence-corrected chi connectivity index (χ0v) is 28.2. The molecule has 1 fully saturated rings. The molecule has 1 saturated heterocycles. The van der Waals surface area contributed by atoms with Crippen molar-refractivity contribution < 1.29 is 19.4 Å². The number of halogens is 1. The number of alkyl carbamates (subject to hydrolysis) is 1. The second kappa shape index (κ2) is 17.0. The van der Waals surface area contributed by atoms with Gasteiger partial charge in [0.2, 0.25) is 0 Å². The summed E-state index contributed by atoms with van der Waals surface area (Å²) < 4.78 is 4.74. The summed E-state index contributed by atoms with van der Waals surface area (Å²) in [5, 5.41) is 19.5. The molecule has 0 aromatic heterocycles. The number of carbonyl (C=O) groups excluding carboxylic acids is 2. The van der Waals surface area contributed by atoms with E-state index in [0.29, 0.717) is 43.1 Å². The Morgan fingerprint density at radius 1 is 1.09 bits per heavy atom. The molecule has 45 heavy (non-hydrogen) atoms. The van der Waals surface area contributed by atoms with Gasteiger partial charge in [0.1, 0.15) is 0 Å². The summed E-state index contributed by atoms with van der Waals surface area (Å²) in [5.74, 6) is 0.793. The number of carbonyl (C=O) groups is 2. The van der Waals surface area contributed by atoms with Crippen molar-refractivity contribution in [2.24, 2.45) is 5.92 Å². The molecule has 3 aromatic rings. The number of likely N-dealkylation sites (tertiary alicyclic amines) is 1. The van der Waals surface area contributed by atoms with Gasteiger partial charge in [-0.05, 0) is 78.8 Å². The molecule has 2 amide bonds. The van der Waals surface area contributed by atoms with E-state index in [0.717, 1.165) is 60.4 Å². The van der Waals surface area contributed by atoms with Crippen molar-refractivity contribution in [1.82, 2.24) is 15.5 Å². The molecule has 0 bridgehead atoms. The summed E-state index contributed by atoms with van der Waals surface area (Å²) in [4.78, 5) is 27.4. The van der Waals surface area contributed by atoms with Crippen LogP contribution in [0.25, 0.3) is 11.1 Å². The number of methoxy groups -OCH3 is 1. The lowest BCUT2D eigenvalue weighted by Gasteiger charge is -2.44. The summed E-state index contributed by atoms with van der Waals surface area (Å²) in [5.41, 5.74) is 4.18. The van der Waals surface area contributed by atoms with E-state index >= 15 is 0 Å². The van der Waals surface area contributed by atoms with Crippen molar-refractivity contribution in [2.75, 3.05) is 45.3 Å². The van der Waals surface area contributed by atoms with Gasteiger partial charge in [-0.15, -0.1) is 0 Å². The molecule has 7 nitrogen and oxygen atoms in total. The SMILES string of the molecule is CCc1cccc(-c2c(Cl)cccc2C(O)(CCCNC(=O)OC)C2CCCN(C(=O)c3ccc(CNCCSC)cc3)C2)c1. The Hall–Kier alpha value is -3.04. The summed E-state index contributed by atoms with van der Waals surface area (Å²) in [6.07, 6.45) is 4.90. The Kier molecular flexibility index (Phi) is 13.2. The highest BCUT2D eigenvalue weighted by atomic mass is 35.5. The Balaban J connectivity index is 1.62. The molecule has 0 radical (unpaired) electrons. The van der Waals surface area contributed by atoms with Crippen LogP contribution in [0.3, 0.4) is 0 Å². The number of piperidine rings is 1. The predicted molar refractivity (Wildman–Crippen MR) is 185 cm³/mol. The maximum Gasteiger partial charge on any atom is 0.406 e. The van der Waals surface area contributed by atoms with E-state index in [2.05, 4.69) is 35.9 Å². The molecule has 0 spiro atoms. The Labute approximate surface area is 277 Å². The van der Waals surface area contributed by atoms with Crippen molar-refractivity contribution in [3.05, 3.63) is 94.0 Å². The minimum absolute atomic E-state index is 0.0294. The van der Waals surface area contributed by atoms with E-state index in [-0.39, 0.29) is 11.8 Å². The quantitative estimate of drug-likeness (QED) is 0.164. The highest BCUT2D eigenvalue weighted by molar-refractivity contribution is 7.98. The fraction of sp³-hybridized carbons (Fsp3) is 0.444. The van der Waals surface area contributed by atoms with Crippen LogP contribution >= 0.6 is 23.4 Å². The molecule has 1 heterocycles. The fourth-order valence-electron chi connectivity index (χ4n) is 6.21. The van der Waals surface area contributed by atoms with Crippen molar-refractivity contribution in [3.8, 4) is 11.1 Å². The molecule has 3 aromatic carbocycles. The smallest absolute Gasteiger partial charge is 0.406 e. The first-order valence-corrected chi connectivity index (χ1v) is 17.6. The number of hydrogen-bond acceptors (Lipinski definition) is 6. The minimum atomic E-state index is -1.30. The molecule has 0 saturated carbocycles. The van der Waals surface area contributed by atoms with Crippen molar-refractivity contribution in [3.63, 3.8) is 0 Å². The van der Waals surface area contributed by atoms with Crippen molar-refractivity contribution >= 4 is 35.4 Å². The van der Waals surface area contributed by atoms with Gasteiger partial charge in [0.05, 0.1) is 12.7 Å². The summed E-state index contributed by atoms with van der Waals surface area (Å²) >= 11 is 8.70. The van der Waals surface area contributed by atoms with E-state index in [4.69, 9.17) is 16.3 Å². The van der Waals surface area contributed by atoms with Gasteiger partial charge in [-0.2, -0.15) is 11.8 Å². The summed E-state index contributed by atoms with van der Waals surface area (Å²) in [6.45, 7) is 5.22. The molecule has 2 unspecified atom stereocenters. The monoisotopic (exact) mass is 651 g/mol. The maximum atomic E-state index is 13.7. The van der Waals surface area contributed by atoms with Crippen LogP contribution in [0.5, 0.6) is 0 Å². The van der Waals surface area contributed by atoms with Gasteiger partial charge in [-0.25, -0.2) is 4.79 Å². The third-order valence-corrected chi connectivity index (χ3v) is 9.62. The average Bonchev–Trinajstić information content (AvgIpc) is 3.08. The van der Waals surface area contributed by atoms with Gasteiger partial charge in [0, 0.05) is 60.5 Å². The van der Waals surface area contributed by atoms with Gasteiger partial charge >= 0.3 is 6.09 Å². The van der Waals surface area contributed by atoms with Gasteiger partial charge in [-0.3, -0.25) is 4.79 Å². The van der Waals surface area contributed by atoms with Crippen LogP contribution < -0.4 is 10.6 Å². The lowest BCUT2D eigenvalue weighted by atomic mass is 9.72. The molecule has 4 rings (SSSR count). The molecule has 3 N–H and O–H groups in total. The van der Waals surface area contributed by atoms with Crippen LogP contribution in [-0.4, -0.2) is 67.3 Å². The predicted octanol–water partition coefficient (Wildman–Crippen LogP) is 6.90. The Bertz CT molecular complexity index is 1420. The zero-order valence-electron chi connectivity index (χ0n) is 26.6. The molecule has 1 aliphatic rings. The van der Waals surface area contributed by atoms with E-state index in [1.165, 1.54) is 12.7 Å². The van der Waals surface area contributed by atoms with E-state index in [9.17, 15) is 14.7 Å². The number of thioether (sulfide) groups is 1. The number of aliphatic hydroxyl groups is 1. The molecule has 1 aliphatic heterocycles. The van der Waals surface area contributed by atoms with E-state index < -0.39 is 11.7 Å². The molecule has 2 atom stereocenters. The number of hydrogen-bond donors (Lipinski definition) is 3. The lowest BCUT2D eigenvalue weighted by Crippen LogP contribution is -2.48. The zero-order chi connectivity index (χ0) is 32.2. The molecular weight excluding hydrogens is 606 g/mol. The molecule has 9 heteroatoms. The second-order valence-electron chi connectivity index (χ2n) is 11.6. The third kappa shape index (κ3) is 9.03. The van der Waals surface area contributed by atoms with Crippen LogP contribution in [0.2, 0.25) is 5.02 Å². The van der Waals surface area contributed by atoms with Crippen LogP contribution in [-0.2, 0) is 23.3 Å². The minimum Gasteiger partial charge on any atom is -0.453 e. The van der Waals surface area contributed by atoms with Gasteiger partial charge in [0.15, 0.2) is 0 Å². The highest BCUT2D eigenvalue weighted by Crippen LogP contribution is 2.45. The third-order valence-electron chi connectivity index (χ3n) is 8.69. The maximum absolute atomic E-state index is 13.7. The number of rotatable bonds is 14. The van der Waals surface area contributed by atoms with Crippen LogP contribution in [0, 0.1) is 5.92 Å². The first kappa shape index (κ1) is 34.8. The lowest BCUT2D eigenvalue weighted by molar-refractivity contribution is -0.0563.